The average molecular weight is 219 g/mol. The maximum atomic E-state index is 11.0. The molecule has 0 aliphatic rings. The highest BCUT2D eigenvalue weighted by Crippen LogP contribution is 2.13. The second kappa shape index (κ2) is 4.18. The molecular formula is C10H13N5O. The molecule has 2 aromatic rings. The number of rotatable bonds is 3. The van der Waals surface area contributed by atoms with E-state index < -0.39 is 0 Å². The zero-order valence-electron chi connectivity index (χ0n) is 9.14. The Bertz CT molecular complexity index is 528. The van der Waals surface area contributed by atoms with Crippen LogP contribution in [-0.4, -0.2) is 19.7 Å². The number of nitrogens with one attached hydrogen (secondary N) is 2. The highest BCUT2D eigenvalue weighted by molar-refractivity contribution is 5.52. The van der Waals surface area contributed by atoms with Crippen molar-refractivity contribution in [3.63, 3.8) is 0 Å². The highest BCUT2D eigenvalue weighted by atomic mass is 16.1. The van der Waals surface area contributed by atoms with Crippen LogP contribution in [0.1, 0.15) is 19.9 Å². The SMILES string of the molecule is CC(C)n1cc(Nc2cc(=O)[nH]cn2)cn1. The van der Waals surface area contributed by atoms with Crippen molar-refractivity contribution >= 4 is 11.5 Å². The van der Waals surface area contributed by atoms with Crippen LogP contribution in [0.2, 0.25) is 0 Å². The molecule has 2 aromatic heterocycles. The second-order valence-corrected chi connectivity index (χ2v) is 3.72. The number of hydrogen-bond acceptors (Lipinski definition) is 4. The van der Waals surface area contributed by atoms with Crippen molar-refractivity contribution in [1.82, 2.24) is 19.7 Å². The van der Waals surface area contributed by atoms with Crippen LogP contribution in [0, 0.1) is 0 Å². The van der Waals surface area contributed by atoms with E-state index in [9.17, 15) is 4.79 Å². The van der Waals surface area contributed by atoms with Gasteiger partial charge in [-0.2, -0.15) is 5.10 Å². The predicted molar refractivity (Wildman–Crippen MR) is 60.8 cm³/mol. The molecule has 0 amide bonds. The van der Waals surface area contributed by atoms with Crippen LogP contribution in [-0.2, 0) is 0 Å². The summed E-state index contributed by atoms with van der Waals surface area (Å²) in [7, 11) is 0. The topological polar surface area (TPSA) is 75.6 Å². The normalized spacial score (nSPS) is 10.7. The number of nitrogens with zero attached hydrogens (tertiary/aromatic N) is 3. The molecule has 0 bridgehead atoms. The maximum Gasteiger partial charge on any atom is 0.252 e. The molecule has 0 aromatic carbocycles. The van der Waals surface area contributed by atoms with Gasteiger partial charge in [0, 0.05) is 18.3 Å². The summed E-state index contributed by atoms with van der Waals surface area (Å²) in [5.74, 6) is 0.507. The van der Waals surface area contributed by atoms with Gasteiger partial charge in [0.2, 0.25) is 0 Å². The third-order valence-electron chi connectivity index (χ3n) is 2.08. The van der Waals surface area contributed by atoms with Crippen molar-refractivity contribution in [2.24, 2.45) is 0 Å². The van der Waals surface area contributed by atoms with Gasteiger partial charge in [-0.25, -0.2) is 4.98 Å². The minimum Gasteiger partial charge on any atom is -0.337 e. The van der Waals surface area contributed by atoms with Crippen molar-refractivity contribution in [1.29, 1.82) is 0 Å². The number of aromatic nitrogens is 4. The van der Waals surface area contributed by atoms with Crippen LogP contribution < -0.4 is 10.9 Å². The fourth-order valence-electron chi connectivity index (χ4n) is 1.27. The molecule has 0 fully saturated rings. The van der Waals surface area contributed by atoms with Gasteiger partial charge in [0.25, 0.3) is 5.56 Å². The molecule has 2 N–H and O–H groups in total. The Morgan fingerprint density at radius 3 is 2.94 bits per heavy atom. The van der Waals surface area contributed by atoms with Crippen LogP contribution in [0.15, 0.2) is 29.6 Å². The summed E-state index contributed by atoms with van der Waals surface area (Å²) >= 11 is 0. The summed E-state index contributed by atoms with van der Waals surface area (Å²) < 4.78 is 1.83. The molecular weight excluding hydrogens is 206 g/mol. The smallest absolute Gasteiger partial charge is 0.252 e. The molecule has 0 radical (unpaired) electrons. The van der Waals surface area contributed by atoms with Gasteiger partial charge >= 0.3 is 0 Å². The van der Waals surface area contributed by atoms with E-state index in [4.69, 9.17) is 0 Å². The lowest BCUT2D eigenvalue weighted by molar-refractivity contribution is 0.532. The largest absolute Gasteiger partial charge is 0.337 e. The fourth-order valence-corrected chi connectivity index (χ4v) is 1.27. The molecule has 0 saturated heterocycles. The quantitative estimate of drug-likeness (QED) is 0.815. The molecule has 0 unspecified atom stereocenters. The first-order chi connectivity index (χ1) is 7.65. The standard InChI is InChI=1S/C10H13N5O/c1-7(2)15-5-8(4-13-15)14-9-3-10(16)12-6-11-9/h3-7H,1-2H3,(H2,11,12,14,16). The van der Waals surface area contributed by atoms with Crippen molar-refractivity contribution in [2.45, 2.75) is 19.9 Å². The van der Waals surface area contributed by atoms with Gasteiger partial charge in [-0.1, -0.05) is 0 Å². The maximum absolute atomic E-state index is 11.0. The molecule has 0 aliphatic carbocycles. The van der Waals surface area contributed by atoms with E-state index in [1.54, 1.807) is 6.20 Å². The Morgan fingerprint density at radius 1 is 1.50 bits per heavy atom. The van der Waals surface area contributed by atoms with Gasteiger partial charge in [-0.15, -0.1) is 0 Å². The number of H-pyrrole nitrogens is 1. The van der Waals surface area contributed by atoms with E-state index in [0.29, 0.717) is 11.9 Å². The zero-order valence-corrected chi connectivity index (χ0v) is 9.14. The number of hydrogen-bond donors (Lipinski definition) is 2. The van der Waals surface area contributed by atoms with E-state index >= 15 is 0 Å². The van der Waals surface area contributed by atoms with E-state index in [2.05, 4.69) is 20.4 Å². The minimum absolute atomic E-state index is 0.186. The van der Waals surface area contributed by atoms with Crippen LogP contribution >= 0.6 is 0 Å². The second-order valence-electron chi connectivity index (χ2n) is 3.72. The van der Waals surface area contributed by atoms with Crippen LogP contribution in [0.4, 0.5) is 11.5 Å². The van der Waals surface area contributed by atoms with E-state index in [1.165, 1.54) is 12.4 Å². The van der Waals surface area contributed by atoms with Gasteiger partial charge < -0.3 is 10.3 Å². The van der Waals surface area contributed by atoms with Crippen molar-refractivity contribution < 1.29 is 0 Å². The lowest BCUT2D eigenvalue weighted by Crippen LogP contribution is -2.06. The van der Waals surface area contributed by atoms with Gasteiger partial charge in [0.1, 0.15) is 5.82 Å². The third kappa shape index (κ3) is 2.28. The lowest BCUT2D eigenvalue weighted by Gasteiger charge is -2.03. The molecule has 6 nitrogen and oxygen atoms in total. The monoisotopic (exact) mass is 219 g/mol. The Kier molecular flexibility index (Phi) is 2.72. The molecule has 0 saturated carbocycles. The fraction of sp³-hybridized carbons (Fsp3) is 0.300. The van der Waals surface area contributed by atoms with Gasteiger partial charge in [-0.3, -0.25) is 9.48 Å². The van der Waals surface area contributed by atoms with E-state index in [-0.39, 0.29) is 5.56 Å². The Hall–Kier alpha value is -2.11. The Labute approximate surface area is 92.3 Å². The van der Waals surface area contributed by atoms with E-state index in [0.717, 1.165) is 5.69 Å². The molecule has 0 aliphatic heterocycles. The summed E-state index contributed by atoms with van der Waals surface area (Å²) in [5.41, 5.74) is 0.626. The molecule has 16 heavy (non-hydrogen) atoms. The summed E-state index contributed by atoms with van der Waals surface area (Å²) in [4.78, 5) is 17.5. The minimum atomic E-state index is -0.186. The van der Waals surface area contributed by atoms with Crippen molar-refractivity contribution in [3.05, 3.63) is 35.1 Å². The summed E-state index contributed by atoms with van der Waals surface area (Å²) in [6, 6.07) is 1.70. The zero-order chi connectivity index (χ0) is 11.5. The van der Waals surface area contributed by atoms with Crippen molar-refractivity contribution in [2.75, 3.05) is 5.32 Å². The predicted octanol–water partition coefficient (Wildman–Crippen LogP) is 1.29. The van der Waals surface area contributed by atoms with Gasteiger partial charge in [0.05, 0.1) is 18.2 Å². The van der Waals surface area contributed by atoms with Crippen LogP contribution in [0.5, 0.6) is 0 Å². The van der Waals surface area contributed by atoms with Gasteiger partial charge in [0.15, 0.2) is 0 Å². The molecule has 2 rings (SSSR count). The highest BCUT2D eigenvalue weighted by Gasteiger charge is 2.02. The van der Waals surface area contributed by atoms with E-state index in [1.807, 2.05) is 24.7 Å². The van der Waals surface area contributed by atoms with Crippen LogP contribution in [0.25, 0.3) is 0 Å². The van der Waals surface area contributed by atoms with Crippen molar-refractivity contribution in [3.8, 4) is 0 Å². The Balaban J connectivity index is 2.17. The molecule has 0 spiro atoms. The number of aromatic amines is 1. The first kappa shape index (κ1) is 10.4. The third-order valence-corrected chi connectivity index (χ3v) is 2.08. The average Bonchev–Trinajstić information content (AvgIpc) is 2.66. The summed E-state index contributed by atoms with van der Waals surface area (Å²) in [6.45, 7) is 4.09. The molecule has 84 valence electrons. The lowest BCUT2D eigenvalue weighted by atomic mass is 10.4. The summed E-state index contributed by atoms with van der Waals surface area (Å²) in [5, 5.41) is 7.18. The summed E-state index contributed by atoms with van der Waals surface area (Å²) in [6.07, 6.45) is 4.92. The molecule has 6 heteroatoms. The molecule has 0 atom stereocenters. The molecule has 2 heterocycles. The first-order valence-electron chi connectivity index (χ1n) is 5.01. The Morgan fingerprint density at radius 2 is 2.31 bits per heavy atom. The number of anilines is 2. The first-order valence-corrected chi connectivity index (χ1v) is 5.01. The van der Waals surface area contributed by atoms with Crippen LogP contribution in [0.3, 0.4) is 0 Å². The van der Waals surface area contributed by atoms with Gasteiger partial charge in [-0.05, 0) is 13.8 Å².